The van der Waals surface area contributed by atoms with Gasteiger partial charge in [-0.15, -0.1) is 0 Å². The summed E-state index contributed by atoms with van der Waals surface area (Å²) in [5, 5.41) is 6.98. The number of aromatic amines is 1. The van der Waals surface area contributed by atoms with E-state index in [1.54, 1.807) is 0 Å². The van der Waals surface area contributed by atoms with Crippen molar-refractivity contribution >= 4 is 11.3 Å². The molecule has 4 aromatic rings. The third-order valence-electron chi connectivity index (χ3n) is 7.03. The summed E-state index contributed by atoms with van der Waals surface area (Å²) in [6.07, 6.45) is 12.8. The molecule has 1 N–H and O–H groups in total. The minimum atomic E-state index is 0.865. The van der Waals surface area contributed by atoms with Gasteiger partial charge in [-0.1, -0.05) is 24.6 Å². The molecule has 1 saturated carbocycles. The van der Waals surface area contributed by atoms with Crippen LogP contribution in [0.2, 0.25) is 0 Å². The Labute approximate surface area is 182 Å². The molecule has 6 nitrogen and oxygen atoms in total. The van der Waals surface area contributed by atoms with E-state index in [0.717, 1.165) is 42.5 Å². The normalized spacial score (nSPS) is 17.9. The first-order valence-corrected chi connectivity index (χ1v) is 11.4. The molecule has 31 heavy (non-hydrogen) atoms. The van der Waals surface area contributed by atoms with Gasteiger partial charge in [0.1, 0.15) is 5.65 Å². The van der Waals surface area contributed by atoms with Crippen molar-refractivity contribution in [3.05, 3.63) is 72.3 Å². The number of rotatable bonds is 5. The van der Waals surface area contributed by atoms with Gasteiger partial charge in [-0.25, -0.2) is 4.98 Å². The van der Waals surface area contributed by atoms with Crippen molar-refractivity contribution in [3.63, 3.8) is 0 Å². The summed E-state index contributed by atoms with van der Waals surface area (Å²) >= 11 is 0. The second-order valence-corrected chi connectivity index (χ2v) is 8.80. The van der Waals surface area contributed by atoms with E-state index in [2.05, 4.69) is 65.8 Å². The van der Waals surface area contributed by atoms with Crippen LogP contribution in [-0.2, 0) is 6.42 Å². The van der Waals surface area contributed by atoms with E-state index in [0.29, 0.717) is 0 Å². The Hall–Kier alpha value is -3.12. The highest BCUT2D eigenvalue weighted by molar-refractivity contribution is 5.65. The standard InChI is InChI=1S/C25H28N6/c1-2-22(3-1)29-12-14-30(15-13-29)23-7-4-19(5-8-23)16-20-6-9-24(21-17-27-28-18-21)31-11-10-26-25(20)31/h4-11,17-18,22H,1-3,12-16H2,(H,27,28). The largest absolute Gasteiger partial charge is 0.369 e. The van der Waals surface area contributed by atoms with Gasteiger partial charge in [0.2, 0.25) is 0 Å². The molecule has 1 aromatic carbocycles. The van der Waals surface area contributed by atoms with Crippen LogP contribution >= 0.6 is 0 Å². The average molecular weight is 413 g/mol. The SMILES string of the molecule is c1cn2c(-c3cn[nH]c3)ccc(Cc3ccc(N4CCN(C5CCC5)CC4)cc3)c2n1. The molecule has 1 aliphatic carbocycles. The van der Waals surface area contributed by atoms with Gasteiger partial charge in [0.25, 0.3) is 0 Å². The smallest absolute Gasteiger partial charge is 0.140 e. The Morgan fingerprint density at radius 1 is 0.968 bits per heavy atom. The van der Waals surface area contributed by atoms with Crippen LogP contribution in [0.15, 0.2) is 61.2 Å². The summed E-state index contributed by atoms with van der Waals surface area (Å²) < 4.78 is 2.15. The number of anilines is 1. The second kappa shape index (κ2) is 7.85. The number of benzene rings is 1. The molecule has 0 spiro atoms. The molecular formula is C25H28N6. The van der Waals surface area contributed by atoms with Gasteiger partial charge in [-0.2, -0.15) is 5.10 Å². The fourth-order valence-electron chi connectivity index (χ4n) is 4.98. The number of H-pyrrole nitrogens is 1. The number of nitrogens with zero attached hydrogens (tertiary/aromatic N) is 5. The molecule has 0 bridgehead atoms. The van der Waals surface area contributed by atoms with Gasteiger partial charge in [-0.05, 0) is 42.2 Å². The van der Waals surface area contributed by atoms with Crippen LogP contribution in [0, 0.1) is 0 Å². The monoisotopic (exact) mass is 412 g/mol. The fraction of sp³-hybridized carbons (Fsp3) is 0.360. The first kappa shape index (κ1) is 18.6. The molecule has 0 atom stereocenters. The van der Waals surface area contributed by atoms with Crippen molar-refractivity contribution in [2.75, 3.05) is 31.1 Å². The predicted molar refractivity (Wildman–Crippen MR) is 123 cm³/mol. The third kappa shape index (κ3) is 3.51. The van der Waals surface area contributed by atoms with Crippen LogP contribution in [0.3, 0.4) is 0 Å². The Kier molecular flexibility index (Phi) is 4.72. The highest BCUT2D eigenvalue weighted by Crippen LogP contribution is 2.27. The molecule has 1 aliphatic heterocycles. The lowest BCUT2D eigenvalue weighted by atomic mass is 9.91. The number of imidazole rings is 1. The van der Waals surface area contributed by atoms with Crippen molar-refractivity contribution in [3.8, 4) is 11.3 Å². The number of pyridine rings is 1. The quantitative estimate of drug-likeness (QED) is 0.539. The Balaban J connectivity index is 1.17. The van der Waals surface area contributed by atoms with Gasteiger partial charge in [0.05, 0.1) is 11.9 Å². The summed E-state index contributed by atoms with van der Waals surface area (Å²) in [6.45, 7) is 4.68. The molecule has 1 saturated heterocycles. The lowest BCUT2D eigenvalue weighted by molar-refractivity contribution is 0.120. The first-order chi connectivity index (χ1) is 15.3. The molecule has 3 aromatic heterocycles. The van der Waals surface area contributed by atoms with E-state index in [4.69, 9.17) is 0 Å². The zero-order valence-electron chi connectivity index (χ0n) is 17.7. The van der Waals surface area contributed by atoms with Gasteiger partial charge >= 0.3 is 0 Å². The molecule has 6 heteroatoms. The summed E-state index contributed by atoms with van der Waals surface area (Å²) in [4.78, 5) is 9.85. The Morgan fingerprint density at radius 3 is 2.52 bits per heavy atom. The summed E-state index contributed by atoms with van der Waals surface area (Å²) in [6, 6.07) is 14.3. The van der Waals surface area contributed by atoms with Crippen LogP contribution in [-0.4, -0.2) is 56.7 Å². The molecule has 2 aliphatic rings. The van der Waals surface area contributed by atoms with Crippen LogP contribution in [0.5, 0.6) is 0 Å². The van der Waals surface area contributed by atoms with Crippen LogP contribution in [0.4, 0.5) is 5.69 Å². The Bertz CT molecular complexity index is 1150. The third-order valence-corrected chi connectivity index (χ3v) is 7.03. The lowest BCUT2D eigenvalue weighted by Crippen LogP contribution is -2.52. The van der Waals surface area contributed by atoms with Crippen LogP contribution in [0.25, 0.3) is 16.9 Å². The summed E-state index contributed by atoms with van der Waals surface area (Å²) in [5.41, 5.74) is 7.07. The highest BCUT2D eigenvalue weighted by Gasteiger charge is 2.27. The number of aromatic nitrogens is 4. The Morgan fingerprint density at radius 2 is 1.81 bits per heavy atom. The van der Waals surface area contributed by atoms with E-state index in [1.807, 2.05) is 24.8 Å². The van der Waals surface area contributed by atoms with Gasteiger partial charge in [-0.3, -0.25) is 14.4 Å². The molecule has 4 heterocycles. The van der Waals surface area contributed by atoms with Crippen molar-refractivity contribution < 1.29 is 0 Å². The second-order valence-electron chi connectivity index (χ2n) is 8.80. The number of piperazine rings is 1. The first-order valence-electron chi connectivity index (χ1n) is 11.4. The molecule has 0 radical (unpaired) electrons. The fourth-order valence-corrected chi connectivity index (χ4v) is 4.98. The van der Waals surface area contributed by atoms with Crippen LogP contribution in [0.1, 0.15) is 30.4 Å². The van der Waals surface area contributed by atoms with E-state index in [1.165, 1.54) is 49.2 Å². The maximum Gasteiger partial charge on any atom is 0.140 e. The minimum absolute atomic E-state index is 0.865. The van der Waals surface area contributed by atoms with Crippen molar-refractivity contribution in [2.24, 2.45) is 0 Å². The molecule has 6 rings (SSSR count). The molecule has 158 valence electrons. The zero-order chi connectivity index (χ0) is 20.6. The van der Waals surface area contributed by atoms with Crippen molar-refractivity contribution in [1.82, 2.24) is 24.5 Å². The average Bonchev–Trinajstić information content (AvgIpc) is 3.47. The maximum absolute atomic E-state index is 4.63. The minimum Gasteiger partial charge on any atom is -0.369 e. The molecule has 0 amide bonds. The predicted octanol–water partition coefficient (Wildman–Crippen LogP) is 3.99. The summed E-state index contributed by atoms with van der Waals surface area (Å²) in [7, 11) is 0. The highest BCUT2D eigenvalue weighted by atomic mass is 15.3. The van der Waals surface area contributed by atoms with E-state index in [-0.39, 0.29) is 0 Å². The van der Waals surface area contributed by atoms with E-state index >= 15 is 0 Å². The number of fused-ring (bicyclic) bond motifs is 1. The topological polar surface area (TPSA) is 52.5 Å². The number of hydrogen-bond acceptors (Lipinski definition) is 4. The lowest BCUT2D eigenvalue weighted by Gasteiger charge is -2.43. The van der Waals surface area contributed by atoms with Gasteiger partial charge in [0, 0.05) is 68.5 Å². The van der Waals surface area contributed by atoms with Crippen LogP contribution < -0.4 is 4.90 Å². The number of hydrogen-bond donors (Lipinski definition) is 1. The van der Waals surface area contributed by atoms with E-state index in [9.17, 15) is 0 Å². The number of nitrogens with one attached hydrogen (secondary N) is 1. The van der Waals surface area contributed by atoms with Gasteiger partial charge < -0.3 is 4.90 Å². The zero-order valence-corrected chi connectivity index (χ0v) is 17.7. The van der Waals surface area contributed by atoms with Crippen molar-refractivity contribution in [1.29, 1.82) is 0 Å². The van der Waals surface area contributed by atoms with E-state index < -0.39 is 0 Å². The molecule has 0 unspecified atom stereocenters. The van der Waals surface area contributed by atoms with Crippen molar-refractivity contribution in [2.45, 2.75) is 31.7 Å². The molecular weight excluding hydrogens is 384 g/mol. The molecule has 2 fully saturated rings. The summed E-state index contributed by atoms with van der Waals surface area (Å²) in [5.74, 6) is 0. The van der Waals surface area contributed by atoms with Gasteiger partial charge in [0.15, 0.2) is 0 Å². The maximum atomic E-state index is 4.63.